The maximum Gasteiger partial charge on any atom is 0.193 e. The maximum absolute atomic E-state index is 5.28. The average molecular weight is 550 g/mol. The molecule has 0 aliphatic carbocycles. The summed E-state index contributed by atoms with van der Waals surface area (Å²) in [6.07, 6.45) is 2.08. The molecule has 0 radical (unpaired) electrons. The lowest BCUT2D eigenvalue weighted by Crippen LogP contribution is -2.38. The van der Waals surface area contributed by atoms with Crippen LogP contribution >= 0.6 is 39.9 Å². The van der Waals surface area contributed by atoms with E-state index in [0.717, 1.165) is 34.0 Å². The Kier molecular flexibility index (Phi) is 9.58. The Morgan fingerprint density at radius 2 is 2.11 bits per heavy atom. The standard InChI is InChI=1S/C19H28BrN5O.HI/c1-13(2)18-15(12-25(5)23-18)11-24(4)19(21-3)22-10-14-7-8-17(26-6)16(20)9-14;/h7-9,12-13H,10-11H2,1-6H3,(H,21,22);1H. The van der Waals surface area contributed by atoms with Gasteiger partial charge in [-0.1, -0.05) is 19.9 Å². The third-order valence-electron chi connectivity index (χ3n) is 4.13. The fraction of sp³-hybridized carbons (Fsp3) is 0.474. The van der Waals surface area contributed by atoms with Crippen LogP contribution in [0.4, 0.5) is 0 Å². The van der Waals surface area contributed by atoms with Crippen molar-refractivity contribution in [2.75, 3.05) is 21.2 Å². The second-order valence-corrected chi connectivity index (χ2v) is 7.45. The summed E-state index contributed by atoms with van der Waals surface area (Å²) >= 11 is 3.53. The van der Waals surface area contributed by atoms with Crippen LogP contribution < -0.4 is 10.1 Å². The van der Waals surface area contributed by atoms with Gasteiger partial charge in [0.15, 0.2) is 5.96 Å². The van der Waals surface area contributed by atoms with E-state index in [2.05, 4.69) is 62.3 Å². The van der Waals surface area contributed by atoms with E-state index in [9.17, 15) is 0 Å². The van der Waals surface area contributed by atoms with Crippen molar-refractivity contribution in [2.24, 2.45) is 12.0 Å². The summed E-state index contributed by atoms with van der Waals surface area (Å²) in [5, 5.41) is 7.99. The zero-order valence-electron chi connectivity index (χ0n) is 16.8. The number of halogens is 2. The first-order valence-corrected chi connectivity index (χ1v) is 9.41. The zero-order valence-corrected chi connectivity index (χ0v) is 20.7. The van der Waals surface area contributed by atoms with Gasteiger partial charge in [-0.15, -0.1) is 24.0 Å². The van der Waals surface area contributed by atoms with Crippen molar-refractivity contribution >= 4 is 45.9 Å². The largest absolute Gasteiger partial charge is 0.496 e. The molecule has 150 valence electrons. The lowest BCUT2D eigenvalue weighted by molar-refractivity contribution is 0.412. The average Bonchev–Trinajstić information content (AvgIpc) is 2.96. The molecule has 1 N–H and O–H groups in total. The van der Waals surface area contributed by atoms with E-state index in [1.54, 1.807) is 14.2 Å². The number of hydrogen-bond donors (Lipinski definition) is 1. The van der Waals surface area contributed by atoms with Crippen molar-refractivity contribution in [3.05, 3.63) is 45.7 Å². The van der Waals surface area contributed by atoms with Gasteiger partial charge in [0, 0.05) is 46.0 Å². The number of guanidine groups is 1. The van der Waals surface area contributed by atoms with E-state index in [0.29, 0.717) is 12.5 Å². The van der Waals surface area contributed by atoms with Crippen LogP contribution in [0.25, 0.3) is 0 Å². The summed E-state index contributed by atoms with van der Waals surface area (Å²) in [6, 6.07) is 6.05. The predicted molar refractivity (Wildman–Crippen MR) is 125 cm³/mol. The van der Waals surface area contributed by atoms with E-state index >= 15 is 0 Å². The van der Waals surface area contributed by atoms with Crippen molar-refractivity contribution in [1.82, 2.24) is 20.0 Å². The van der Waals surface area contributed by atoms with Crippen LogP contribution in [0.3, 0.4) is 0 Å². The second-order valence-electron chi connectivity index (χ2n) is 6.59. The number of hydrogen-bond acceptors (Lipinski definition) is 3. The van der Waals surface area contributed by atoms with Gasteiger partial charge in [-0.25, -0.2) is 0 Å². The lowest BCUT2D eigenvalue weighted by atomic mass is 10.1. The van der Waals surface area contributed by atoms with Crippen LogP contribution in [-0.4, -0.2) is 41.8 Å². The van der Waals surface area contributed by atoms with E-state index in [1.165, 1.54) is 5.56 Å². The van der Waals surface area contributed by atoms with Gasteiger partial charge in [0.25, 0.3) is 0 Å². The number of ether oxygens (including phenoxy) is 1. The van der Waals surface area contributed by atoms with Crippen molar-refractivity contribution < 1.29 is 4.74 Å². The molecule has 0 aliphatic heterocycles. The van der Waals surface area contributed by atoms with Crippen molar-refractivity contribution in [3.8, 4) is 5.75 Å². The summed E-state index contributed by atoms with van der Waals surface area (Å²) < 4.78 is 8.10. The van der Waals surface area contributed by atoms with E-state index < -0.39 is 0 Å². The first kappa shape index (κ1) is 23.7. The Morgan fingerprint density at radius 1 is 1.41 bits per heavy atom. The fourth-order valence-corrected chi connectivity index (χ4v) is 3.47. The minimum Gasteiger partial charge on any atom is -0.496 e. The minimum atomic E-state index is 0. The molecule has 0 aliphatic rings. The summed E-state index contributed by atoms with van der Waals surface area (Å²) in [5.74, 6) is 2.06. The smallest absolute Gasteiger partial charge is 0.193 e. The summed E-state index contributed by atoms with van der Waals surface area (Å²) in [6.45, 7) is 5.78. The number of methoxy groups -OCH3 is 1. The molecule has 0 spiro atoms. The third kappa shape index (κ3) is 6.38. The van der Waals surface area contributed by atoms with Crippen LogP contribution in [0.2, 0.25) is 0 Å². The van der Waals surface area contributed by atoms with Gasteiger partial charge in [-0.05, 0) is 39.5 Å². The number of nitrogens with zero attached hydrogens (tertiary/aromatic N) is 4. The molecule has 0 unspecified atom stereocenters. The van der Waals surface area contributed by atoms with Crippen LogP contribution in [0.15, 0.2) is 33.9 Å². The highest BCUT2D eigenvalue weighted by atomic mass is 127. The number of rotatable bonds is 6. The molecule has 0 fully saturated rings. The Balaban J connectivity index is 0.00000364. The molecular weight excluding hydrogens is 521 g/mol. The van der Waals surface area contributed by atoms with Crippen LogP contribution in [-0.2, 0) is 20.1 Å². The number of aromatic nitrogens is 2. The van der Waals surface area contributed by atoms with E-state index in [1.807, 2.05) is 30.9 Å². The molecule has 2 rings (SSSR count). The molecule has 0 saturated heterocycles. The minimum absolute atomic E-state index is 0. The van der Waals surface area contributed by atoms with Gasteiger partial charge >= 0.3 is 0 Å². The zero-order chi connectivity index (χ0) is 19.3. The fourth-order valence-electron chi connectivity index (χ4n) is 2.88. The molecule has 0 saturated carbocycles. The molecule has 1 aromatic carbocycles. The molecule has 0 amide bonds. The van der Waals surface area contributed by atoms with Gasteiger partial charge in [-0.2, -0.15) is 5.10 Å². The van der Waals surface area contributed by atoms with Gasteiger partial charge in [0.1, 0.15) is 5.75 Å². The highest BCUT2D eigenvalue weighted by Crippen LogP contribution is 2.25. The van der Waals surface area contributed by atoms with Gasteiger partial charge in [-0.3, -0.25) is 9.67 Å². The highest BCUT2D eigenvalue weighted by Gasteiger charge is 2.15. The van der Waals surface area contributed by atoms with Crippen molar-refractivity contribution in [3.63, 3.8) is 0 Å². The molecule has 0 atom stereocenters. The lowest BCUT2D eigenvalue weighted by Gasteiger charge is -2.22. The van der Waals surface area contributed by atoms with Crippen molar-refractivity contribution in [2.45, 2.75) is 32.9 Å². The number of aryl methyl sites for hydroxylation is 1. The SMILES string of the molecule is CN=C(NCc1ccc(OC)c(Br)c1)N(C)Cc1cn(C)nc1C(C)C.I. The summed E-state index contributed by atoms with van der Waals surface area (Å²) in [7, 11) is 7.47. The quantitative estimate of drug-likeness (QED) is 0.334. The molecule has 1 heterocycles. The topological polar surface area (TPSA) is 54.7 Å². The van der Waals surface area contributed by atoms with Crippen LogP contribution in [0.5, 0.6) is 5.75 Å². The molecule has 6 nitrogen and oxygen atoms in total. The first-order chi connectivity index (χ1) is 12.3. The normalized spacial score (nSPS) is 11.3. The first-order valence-electron chi connectivity index (χ1n) is 8.62. The van der Waals surface area contributed by atoms with Crippen LogP contribution in [0.1, 0.15) is 36.6 Å². The molecule has 2 aromatic rings. The van der Waals surface area contributed by atoms with Gasteiger partial charge in [0.2, 0.25) is 0 Å². The molecule has 27 heavy (non-hydrogen) atoms. The maximum atomic E-state index is 5.28. The van der Waals surface area contributed by atoms with E-state index in [-0.39, 0.29) is 24.0 Å². The van der Waals surface area contributed by atoms with Crippen LogP contribution in [0, 0.1) is 0 Å². The molecule has 0 bridgehead atoms. The van der Waals surface area contributed by atoms with Gasteiger partial charge in [0.05, 0.1) is 17.3 Å². The van der Waals surface area contributed by atoms with Crippen molar-refractivity contribution in [1.29, 1.82) is 0 Å². The second kappa shape index (κ2) is 10.9. The highest BCUT2D eigenvalue weighted by molar-refractivity contribution is 14.0. The van der Waals surface area contributed by atoms with E-state index in [4.69, 9.17) is 4.74 Å². The Bertz CT molecular complexity index is 775. The number of aliphatic imine (C=N–C) groups is 1. The van der Waals surface area contributed by atoms with Gasteiger partial charge < -0.3 is 15.0 Å². The Labute approximate surface area is 187 Å². The summed E-state index contributed by atoms with van der Waals surface area (Å²) in [5.41, 5.74) is 3.51. The Morgan fingerprint density at radius 3 is 2.67 bits per heavy atom. The molecule has 1 aromatic heterocycles. The monoisotopic (exact) mass is 549 g/mol. The molecular formula is C19H29BrIN5O. The molecule has 8 heteroatoms. The Hall–Kier alpha value is -1.29. The number of benzene rings is 1. The summed E-state index contributed by atoms with van der Waals surface area (Å²) in [4.78, 5) is 6.52. The number of nitrogens with one attached hydrogen (secondary N) is 1. The third-order valence-corrected chi connectivity index (χ3v) is 4.75. The predicted octanol–water partition coefficient (Wildman–Crippen LogP) is 4.14.